The van der Waals surface area contributed by atoms with Crippen molar-refractivity contribution in [1.29, 1.82) is 5.26 Å². The molecule has 0 unspecified atom stereocenters. The molecule has 0 aromatic rings. The van der Waals surface area contributed by atoms with Gasteiger partial charge >= 0.3 is 0 Å². The number of carbonyl (C=O) groups excluding carboxylic acids is 1. The van der Waals surface area contributed by atoms with Crippen molar-refractivity contribution in [3.63, 3.8) is 0 Å². The van der Waals surface area contributed by atoms with Crippen LogP contribution in [0, 0.1) is 17.2 Å². The number of likely N-dealkylation sites (tertiary alicyclic amines) is 1. The van der Waals surface area contributed by atoms with E-state index in [2.05, 4.69) is 6.07 Å². The average Bonchev–Trinajstić information content (AvgIpc) is 2.05. The van der Waals surface area contributed by atoms with E-state index in [0.29, 0.717) is 6.54 Å². The molecule has 54 valence electrons. The molecule has 0 bridgehead atoms. The summed E-state index contributed by atoms with van der Waals surface area (Å²) in [5.41, 5.74) is 0. The Balaban J connectivity index is 2.40. The fourth-order valence-electron chi connectivity index (χ4n) is 1.21. The van der Waals surface area contributed by atoms with E-state index in [1.165, 1.54) is 0 Å². The Labute approximate surface area is 60.2 Å². The second kappa shape index (κ2) is 3.21. The lowest BCUT2D eigenvalue weighted by molar-refractivity contribution is -0.119. The highest BCUT2D eigenvalue weighted by molar-refractivity contribution is 5.47. The minimum atomic E-state index is 0.0685. The quantitative estimate of drug-likeness (QED) is 0.491. The van der Waals surface area contributed by atoms with Crippen LogP contribution in [0.4, 0.5) is 0 Å². The predicted octanol–water partition coefficient (Wildman–Crippen LogP) is 0.378. The van der Waals surface area contributed by atoms with E-state index < -0.39 is 0 Å². The van der Waals surface area contributed by atoms with Gasteiger partial charge in [0.2, 0.25) is 6.41 Å². The Kier molecular flexibility index (Phi) is 2.27. The monoisotopic (exact) mass is 138 g/mol. The summed E-state index contributed by atoms with van der Waals surface area (Å²) in [5.74, 6) is 0.0685. The van der Waals surface area contributed by atoms with Crippen LogP contribution in [0.25, 0.3) is 0 Å². The summed E-state index contributed by atoms with van der Waals surface area (Å²) < 4.78 is 0. The first-order valence-electron chi connectivity index (χ1n) is 3.46. The van der Waals surface area contributed by atoms with Gasteiger partial charge in [0.25, 0.3) is 0 Å². The largest absolute Gasteiger partial charge is 0.344 e. The van der Waals surface area contributed by atoms with Crippen LogP contribution < -0.4 is 0 Å². The van der Waals surface area contributed by atoms with Crippen LogP contribution in [0.2, 0.25) is 0 Å². The molecule has 1 rings (SSSR count). The number of amides is 1. The highest BCUT2D eigenvalue weighted by Gasteiger charge is 2.17. The van der Waals surface area contributed by atoms with Crippen molar-refractivity contribution in [2.24, 2.45) is 5.92 Å². The lowest BCUT2D eigenvalue weighted by Crippen LogP contribution is -2.33. The van der Waals surface area contributed by atoms with Crippen molar-refractivity contribution in [1.82, 2.24) is 4.90 Å². The number of nitriles is 1. The van der Waals surface area contributed by atoms with Gasteiger partial charge < -0.3 is 4.90 Å². The van der Waals surface area contributed by atoms with Gasteiger partial charge in [-0.1, -0.05) is 0 Å². The normalized spacial score (nSPS) is 25.5. The van der Waals surface area contributed by atoms with Gasteiger partial charge in [0.15, 0.2) is 0 Å². The lowest BCUT2D eigenvalue weighted by Gasteiger charge is -2.25. The zero-order valence-corrected chi connectivity index (χ0v) is 5.79. The van der Waals surface area contributed by atoms with Crippen LogP contribution in [0.3, 0.4) is 0 Å². The van der Waals surface area contributed by atoms with Crippen molar-refractivity contribution in [2.45, 2.75) is 12.8 Å². The maximum Gasteiger partial charge on any atom is 0.209 e. The van der Waals surface area contributed by atoms with Crippen molar-refractivity contribution >= 4 is 6.41 Å². The van der Waals surface area contributed by atoms with Crippen LogP contribution in [0.5, 0.6) is 0 Å². The summed E-state index contributed by atoms with van der Waals surface area (Å²) in [4.78, 5) is 11.9. The number of piperidine rings is 1. The summed E-state index contributed by atoms with van der Waals surface area (Å²) >= 11 is 0. The predicted molar refractivity (Wildman–Crippen MR) is 36.0 cm³/mol. The number of nitrogens with zero attached hydrogens (tertiary/aromatic N) is 2. The van der Waals surface area contributed by atoms with E-state index >= 15 is 0 Å². The number of hydrogen-bond acceptors (Lipinski definition) is 2. The minimum absolute atomic E-state index is 0.0685. The van der Waals surface area contributed by atoms with E-state index in [1.54, 1.807) is 4.90 Å². The molecule has 0 aliphatic carbocycles. The Hall–Kier alpha value is -1.04. The average molecular weight is 138 g/mol. The molecule has 1 amide bonds. The molecule has 3 nitrogen and oxygen atoms in total. The standard InChI is InChI=1S/C7H10N2O/c8-4-7-2-1-3-9(5-7)6-10/h6-7H,1-3,5H2/t7-/m1/s1. The first-order valence-corrected chi connectivity index (χ1v) is 3.46. The molecule has 0 saturated carbocycles. The molecule has 1 fully saturated rings. The summed E-state index contributed by atoms with van der Waals surface area (Å²) in [6, 6.07) is 2.17. The van der Waals surface area contributed by atoms with Gasteiger partial charge in [-0.2, -0.15) is 5.26 Å². The molecule has 0 aromatic carbocycles. The lowest BCUT2D eigenvalue weighted by atomic mass is 10.0. The van der Waals surface area contributed by atoms with Crippen molar-refractivity contribution < 1.29 is 4.79 Å². The smallest absolute Gasteiger partial charge is 0.209 e. The van der Waals surface area contributed by atoms with E-state index in [4.69, 9.17) is 5.26 Å². The molecule has 1 saturated heterocycles. The number of carbonyl (C=O) groups is 1. The minimum Gasteiger partial charge on any atom is -0.344 e. The molecule has 1 atom stereocenters. The van der Waals surface area contributed by atoms with Crippen molar-refractivity contribution in [3.8, 4) is 6.07 Å². The molecule has 1 heterocycles. The number of rotatable bonds is 1. The van der Waals surface area contributed by atoms with Crippen LogP contribution in [-0.4, -0.2) is 24.4 Å². The first kappa shape index (κ1) is 7.07. The summed E-state index contributed by atoms with van der Waals surface area (Å²) in [5, 5.41) is 8.51. The maximum atomic E-state index is 10.2. The molecule has 0 radical (unpaired) electrons. The van der Waals surface area contributed by atoms with Gasteiger partial charge in [0.1, 0.15) is 0 Å². The third-order valence-electron chi connectivity index (χ3n) is 1.78. The highest BCUT2D eigenvalue weighted by atomic mass is 16.1. The van der Waals surface area contributed by atoms with Crippen molar-refractivity contribution in [3.05, 3.63) is 0 Å². The number of hydrogen-bond donors (Lipinski definition) is 0. The van der Waals surface area contributed by atoms with E-state index in [9.17, 15) is 4.79 Å². The third-order valence-corrected chi connectivity index (χ3v) is 1.78. The Bertz CT molecular complexity index is 161. The van der Waals surface area contributed by atoms with Gasteiger partial charge in [0.05, 0.1) is 12.0 Å². The van der Waals surface area contributed by atoms with Crippen LogP contribution >= 0.6 is 0 Å². The molecule has 10 heavy (non-hydrogen) atoms. The topological polar surface area (TPSA) is 44.1 Å². The zero-order chi connectivity index (χ0) is 7.40. The van der Waals surface area contributed by atoms with E-state index in [-0.39, 0.29) is 5.92 Å². The second-order valence-electron chi connectivity index (χ2n) is 2.57. The van der Waals surface area contributed by atoms with Gasteiger partial charge in [-0.05, 0) is 12.8 Å². The van der Waals surface area contributed by atoms with E-state index in [0.717, 1.165) is 25.8 Å². The fraction of sp³-hybridized carbons (Fsp3) is 0.714. The van der Waals surface area contributed by atoms with E-state index in [1.807, 2.05) is 0 Å². The summed E-state index contributed by atoms with van der Waals surface area (Å²) in [6.45, 7) is 1.45. The molecule has 3 heteroatoms. The third kappa shape index (κ3) is 1.47. The first-order chi connectivity index (χ1) is 4.86. The second-order valence-corrected chi connectivity index (χ2v) is 2.57. The SMILES string of the molecule is N#C[C@H]1CCCN(C=O)C1. The maximum absolute atomic E-state index is 10.2. The van der Waals surface area contributed by atoms with Crippen LogP contribution in [0.15, 0.2) is 0 Å². The van der Waals surface area contributed by atoms with Gasteiger partial charge in [-0.15, -0.1) is 0 Å². The molecule has 0 N–H and O–H groups in total. The van der Waals surface area contributed by atoms with Gasteiger partial charge in [0, 0.05) is 13.1 Å². The highest BCUT2D eigenvalue weighted by Crippen LogP contribution is 2.13. The molecule has 0 aromatic heterocycles. The van der Waals surface area contributed by atoms with Crippen LogP contribution in [-0.2, 0) is 4.79 Å². The Morgan fingerprint density at radius 1 is 1.70 bits per heavy atom. The zero-order valence-electron chi connectivity index (χ0n) is 5.79. The summed E-state index contributed by atoms with van der Waals surface area (Å²) in [7, 11) is 0. The van der Waals surface area contributed by atoms with Gasteiger partial charge in [-0.3, -0.25) is 4.79 Å². The van der Waals surface area contributed by atoms with Crippen molar-refractivity contribution in [2.75, 3.05) is 13.1 Å². The Morgan fingerprint density at radius 3 is 3.10 bits per heavy atom. The molecular weight excluding hydrogens is 128 g/mol. The summed E-state index contributed by atoms with van der Waals surface area (Å²) in [6.07, 6.45) is 2.74. The molecule has 1 aliphatic rings. The van der Waals surface area contributed by atoms with Crippen LogP contribution in [0.1, 0.15) is 12.8 Å². The van der Waals surface area contributed by atoms with Gasteiger partial charge in [-0.25, -0.2) is 0 Å². The molecule has 0 spiro atoms. The Morgan fingerprint density at radius 2 is 2.50 bits per heavy atom. The molecule has 1 aliphatic heterocycles. The molecular formula is C7H10N2O. The fourth-order valence-corrected chi connectivity index (χ4v) is 1.21.